The maximum Gasteiger partial charge on any atom is 0.315 e. The quantitative estimate of drug-likeness (QED) is 0.605. The summed E-state index contributed by atoms with van der Waals surface area (Å²) >= 11 is 3.17. The molecule has 3 N–H and O–H groups in total. The Morgan fingerprint density at radius 3 is 2.60 bits per heavy atom. The monoisotopic (exact) mass is 376 g/mol. The van der Waals surface area contributed by atoms with Crippen LogP contribution in [0.1, 0.15) is 16.5 Å². The Balaban J connectivity index is 1.46. The van der Waals surface area contributed by atoms with Gasteiger partial charge in [0.05, 0.1) is 6.54 Å². The van der Waals surface area contributed by atoms with Crippen molar-refractivity contribution in [2.75, 3.05) is 6.54 Å². The van der Waals surface area contributed by atoms with E-state index >= 15 is 0 Å². The molecule has 2 heterocycles. The third-order valence-corrected chi connectivity index (χ3v) is 5.79. The highest BCUT2D eigenvalue weighted by atomic mass is 32.1. The Morgan fingerprint density at radius 1 is 1.08 bits per heavy atom. The number of hydrogen-bond acceptors (Lipinski definition) is 4. The number of aliphatic hydroxyl groups excluding tert-OH is 1. The first-order valence-electron chi connectivity index (χ1n) is 7.69. The van der Waals surface area contributed by atoms with Crippen LogP contribution < -0.4 is 10.6 Å². The van der Waals surface area contributed by atoms with Gasteiger partial charge in [-0.3, -0.25) is 0 Å². The summed E-state index contributed by atoms with van der Waals surface area (Å²) in [5.74, 6) is -0.311. The average Bonchev–Trinajstić information content (AvgIpc) is 3.30. The molecule has 130 valence electrons. The lowest BCUT2D eigenvalue weighted by atomic mass is 10.2. The molecule has 0 spiro atoms. The van der Waals surface area contributed by atoms with E-state index in [1.165, 1.54) is 23.5 Å². The van der Waals surface area contributed by atoms with Crippen LogP contribution in [-0.2, 0) is 6.54 Å². The van der Waals surface area contributed by atoms with Crippen LogP contribution >= 0.6 is 22.7 Å². The molecule has 0 radical (unpaired) electrons. The van der Waals surface area contributed by atoms with Crippen molar-refractivity contribution < 1.29 is 14.3 Å². The SMILES string of the molecule is O=C(NCc1ccc(F)cc1)NCC(O)c1ccc(-c2cccs2)s1. The van der Waals surface area contributed by atoms with Crippen molar-refractivity contribution in [2.45, 2.75) is 12.6 Å². The van der Waals surface area contributed by atoms with Gasteiger partial charge in [0, 0.05) is 21.2 Å². The summed E-state index contributed by atoms with van der Waals surface area (Å²) in [6.07, 6.45) is -0.754. The number of aliphatic hydroxyl groups is 1. The van der Waals surface area contributed by atoms with Gasteiger partial charge in [-0.1, -0.05) is 18.2 Å². The number of amides is 2. The fourth-order valence-electron chi connectivity index (χ4n) is 2.22. The number of halogens is 1. The van der Waals surface area contributed by atoms with Crippen molar-refractivity contribution in [3.05, 3.63) is 70.2 Å². The summed E-state index contributed by atoms with van der Waals surface area (Å²) in [5.41, 5.74) is 0.802. The molecule has 4 nitrogen and oxygen atoms in total. The molecule has 0 aliphatic rings. The summed E-state index contributed by atoms with van der Waals surface area (Å²) in [6.45, 7) is 0.420. The van der Waals surface area contributed by atoms with Crippen molar-refractivity contribution in [2.24, 2.45) is 0 Å². The van der Waals surface area contributed by atoms with Crippen molar-refractivity contribution in [1.29, 1.82) is 0 Å². The van der Waals surface area contributed by atoms with Gasteiger partial charge in [0.15, 0.2) is 0 Å². The molecule has 0 fully saturated rings. The van der Waals surface area contributed by atoms with E-state index in [4.69, 9.17) is 0 Å². The van der Waals surface area contributed by atoms with E-state index < -0.39 is 6.10 Å². The summed E-state index contributed by atoms with van der Waals surface area (Å²) in [7, 11) is 0. The maximum atomic E-state index is 12.8. The lowest BCUT2D eigenvalue weighted by Crippen LogP contribution is -2.37. The molecule has 0 bridgehead atoms. The predicted octanol–water partition coefficient (Wildman–Crippen LogP) is 4.15. The van der Waals surface area contributed by atoms with Gasteiger partial charge >= 0.3 is 6.03 Å². The number of carbonyl (C=O) groups is 1. The lowest BCUT2D eigenvalue weighted by Gasteiger charge is -2.11. The second-order valence-electron chi connectivity index (χ2n) is 5.39. The fourth-order valence-corrected chi connectivity index (χ4v) is 4.05. The van der Waals surface area contributed by atoms with E-state index in [0.29, 0.717) is 6.54 Å². The largest absolute Gasteiger partial charge is 0.386 e. The average molecular weight is 376 g/mol. The number of rotatable bonds is 6. The minimum absolute atomic E-state index is 0.125. The second-order valence-corrected chi connectivity index (χ2v) is 7.45. The zero-order valence-electron chi connectivity index (χ0n) is 13.2. The highest BCUT2D eigenvalue weighted by Crippen LogP contribution is 2.33. The van der Waals surface area contributed by atoms with E-state index in [0.717, 1.165) is 20.2 Å². The number of urea groups is 1. The van der Waals surface area contributed by atoms with Crippen LogP contribution in [0.4, 0.5) is 9.18 Å². The van der Waals surface area contributed by atoms with Crippen molar-refractivity contribution in [3.63, 3.8) is 0 Å². The molecule has 2 aromatic heterocycles. The van der Waals surface area contributed by atoms with Crippen LogP contribution in [0.3, 0.4) is 0 Å². The third kappa shape index (κ3) is 4.88. The Bertz CT molecular complexity index is 816. The fraction of sp³-hybridized carbons (Fsp3) is 0.167. The number of thiophene rings is 2. The van der Waals surface area contributed by atoms with E-state index in [1.54, 1.807) is 23.5 Å². The third-order valence-electron chi connectivity index (χ3n) is 3.54. The van der Waals surface area contributed by atoms with Gasteiger partial charge in [-0.05, 0) is 41.3 Å². The van der Waals surface area contributed by atoms with Crippen LogP contribution in [0.2, 0.25) is 0 Å². The number of hydrogen-bond donors (Lipinski definition) is 3. The zero-order chi connectivity index (χ0) is 17.6. The highest BCUT2D eigenvalue weighted by molar-refractivity contribution is 7.21. The molecule has 0 aliphatic heterocycles. The first kappa shape index (κ1) is 17.6. The standard InChI is InChI=1S/C18H17FN2O2S2/c19-13-5-3-12(4-6-13)10-20-18(23)21-11-14(22)15-7-8-17(25-15)16-2-1-9-24-16/h1-9,14,22H,10-11H2,(H2,20,21,23). The van der Waals surface area contributed by atoms with Gasteiger partial charge < -0.3 is 15.7 Å². The van der Waals surface area contributed by atoms with Crippen LogP contribution in [0.25, 0.3) is 9.75 Å². The number of benzene rings is 1. The molecule has 3 rings (SSSR count). The first-order chi connectivity index (χ1) is 12.1. The van der Waals surface area contributed by atoms with Gasteiger partial charge in [-0.25, -0.2) is 9.18 Å². The predicted molar refractivity (Wildman–Crippen MR) is 99.2 cm³/mol. The summed E-state index contributed by atoms with van der Waals surface area (Å²) in [5, 5.41) is 17.6. The van der Waals surface area contributed by atoms with Crippen LogP contribution in [0, 0.1) is 5.82 Å². The summed E-state index contributed by atoms with van der Waals surface area (Å²) < 4.78 is 12.8. The van der Waals surface area contributed by atoms with Gasteiger partial charge in [-0.15, -0.1) is 22.7 Å². The smallest absolute Gasteiger partial charge is 0.315 e. The minimum atomic E-state index is -0.754. The Morgan fingerprint density at radius 2 is 1.88 bits per heavy atom. The van der Waals surface area contributed by atoms with Gasteiger partial charge in [0.2, 0.25) is 0 Å². The molecule has 0 saturated carbocycles. The van der Waals surface area contributed by atoms with E-state index in [9.17, 15) is 14.3 Å². The Hall–Kier alpha value is -2.22. The van der Waals surface area contributed by atoms with Gasteiger partial charge in [0.1, 0.15) is 11.9 Å². The second kappa shape index (κ2) is 8.24. The lowest BCUT2D eigenvalue weighted by molar-refractivity contribution is 0.176. The molecule has 0 aliphatic carbocycles. The summed E-state index contributed by atoms with van der Waals surface area (Å²) in [6, 6.07) is 13.4. The number of nitrogens with one attached hydrogen (secondary N) is 2. The first-order valence-corrected chi connectivity index (χ1v) is 9.39. The van der Waals surface area contributed by atoms with E-state index in [1.807, 2.05) is 29.6 Å². The summed E-state index contributed by atoms with van der Waals surface area (Å²) in [4.78, 5) is 14.9. The van der Waals surface area contributed by atoms with E-state index in [-0.39, 0.29) is 18.4 Å². The normalized spacial score (nSPS) is 11.9. The molecule has 2 amide bonds. The molecular formula is C18H17FN2O2S2. The minimum Gasteiger partial charge on any atom is -0.386 e. The zero-order valence-corrected chi connectivity index (χ0v) is 14.9. The Labute approximate surface area is 153 Å². The van der Waals surface area contributed by atoms with Crippen molar-refractivity contribution in [3.8, 4) is 9.75 Å². The molecule has 1 unspecified atom stereocenters. The van der Waals surface area contributed by atoms with Gasteiger partial charge in [-0.2, -0.15) is 0 Å². The van der Waals surface area contributed by atoms with Crippen LogP contribution in [-0.4, -0.2) is 17.7 Å². The molecule has 3 aromatic rings. The van der Waals surface area contributed by atoms with Crippen molar-refractivity contribution >= 4 is 28.7 Å². The van der Waals surface area contributed by atoms with Crippen molar-refractivity contribution in [1.82, 2.24) is 10.6 Å². The highest BCUT2D eigenvalue weighted by Gasteiger charge is 2.13. The topological polar surface area (TPSA) is 61.4 Å². The van der Waals surface area contributed by atoms with Crippen LogP contribution in [0.5, 0.6) is 0 Å². The molecule has 1 atom stereocenters. The molecular weight excluding hydrogens is 359 g/mol. The van der Waals surface area contributed by atoms with Crippen LogP contribution in [0.15, 0.2) is 53.9 Å². The number of carbonyl (C=O) groups excluding carboxylic acids is 1. The molecule has 25 heavy (non-hydrogen) atoms. The van der Waals surface area contributed by atoms with E-state index in [2.05, 4.69) is 10.6 Å². The molecule has 7 heteroatoms. The maximum absolute atomic E-state index is 12.8. The van der Waals surface area contributed by atoms with Gasteiger partial charge in [0.25, 0.3) is 0 Å². The molecule has 0 saturated heterocycles. The Kier molecular flexibility index (Phi) is 5.80. The molecule has 1 aromatic carbocycles.